The molecule has 0 atom stereocenters. The van der Waals surface area contributed by atoms with Gasteiger partial charge < -0.3 is 4.74 Å². The molecule has 1 nitrogen and oxygen atoms in total. The highest BCUT2D eigenvalue weighted by Crippen LogP contribution is 2.24. The molecule has 0 bridgehead atoms. The van der Waals surface area contributed by atoms with E-state index < -0.39 is 11.6 Å². The van der Waals surface area contributed by atoms with Crippen LogP contribution in [0.1, 0.15) is 49.8 Å². The summed E-state index contributed by atoms with van der Waals surface area (Å²) in [6.07, 6.45) is 8.36. The van der Waals surface area contributed by atoms with Crippen LogP contribution in [0.3, 0.4) is 0 Å². The predicted octanol–water partition coefficient (Wildman–Crippen LogP) is 6.40. The predicted molar refractivity (Wildman–Crippen MR) is 98.9 cm³/mol. The largest absolute Gasteiger partial charge is 0.462 e. The molecule has 0 aliphatic rings. The third kappa shape index (κ3) is 5.70. The van der Waals surface area contributed by atoms with Crippen LogP contribution in [0.25, 0.3) is 0 Å². The van der Waals surface area contributed by atoms with E-state index in [1.165, 1.54) is 17.9 Å². The number of allylic oxidation sites excluding steroid dienone is 1. The van der Waals surface area contributed by atoms with Gasteiger partial charge in [0.2, 0.25) is 5.82 Å². The van der Waals surface area contributed by atoms with E-state index in [4.69, 9.17) is 4.74 Å². The molecule has 0 N–H and O–H groups in total. The molecule has 0 saturated heterocycles. The lowest BCUT2D eigenvalue weighted by molar-refractivity contribution is 0.410. The molecule has 2 aromatic rings. The summed E-state index contributed by atoms with van der Waals surface area (Å²) in [6, 6.07) is 11.4. The molecule has 0 saturated carbocycles. The van der Waals surface area contributed by atoms with Gasteiger partial charge >= 0.3 is 0 Å². The van der Waals surface area contributed by atoms with Gasteiger partial charge in [0.15, 0.2) is 11.6 Å². The summed E-state index contributed by atoms with van der Waals surface area (Å²) in [5.41, 5.74) is 2.81. The van der Waals surface area contributed by atoms with Crippen molar-refractivity contribution in [1.29, 1.82) is 0 Å². The van der Waals surface area contributed by atoms with Gasteiger partial charge in [0.05, 0.1) is 6.26 Å². The number of benzene rings is 2. The molecule has 0 amide bonds. The minimum Gasteiger partial charge on any atom is -0.462 e. The summed E-state index contributed by atoms with van der Waals surface area (Å²) in [6.45, 7) is 4.19. The van der Waals surface area contributed by atoms with Crippen LogP contribution < -0.4 is 4.74 Å². The van der Waals surface area contributed by atoms with E-state index in [-0.39, 0.29) is 5.75 Å². The van der Waals surface area contributed by atoms with E-state index in [0.717, 1.165) is 31.2 Å². The molecule has 0 radical (unpaired) electrons. The zero-order valence-corrected chi connectivity index (χ0v) is 15.0. The Kier molecular flexibility index (Phi) is 7.65. The van der Waals surface area contributed by atoms with Crippen LogP contribution >= 0.6 is 0 Å². The lowest BCUT2D eigenvalue weighted by atomic mass is 10.0. The van der Waals surface area contributed by atoms with Crippen LogP contribution in [-0.4, -0.2) is 0 Å². The number of hydrogen-bond donors (Lipinski definition) is 0. The van der Waals surface area contributed by atoms with E-state index in [1.54, 1.807) is 12.1 Å². The van der Waals surface area contributed by atoms with Gasteiger partial charge in [0.25, 0.3) is 0 Å². The molecular weight excluding hydrogens is 318 g/mol. The van der Waals surface area contributed by atoms with E-state index in [1.807, 2.05) is 6.92 Å². The van der Waals surface area contributed by atoms with Crippen molar-refractivity contribution in [1.82, 2.24) is 0 Å². The standard InChI is InChI=1S/C22H26F2O/c1-3-5-6-16-25-20-15-14-19(21(23)22(20)24)13-12-18-10-8-17(7-4-2)9-11-18/h6,8-11,14-16H,3-5,7,12-13H2,1-2H3. The van der Waals surface area contributed by atoms with Crippen molar-refractivity contribution in [2.24, 2.45) is 0 Å². The minimum atomic E-state index is -0.919. The van der Waals surface area contributed by atoms with Crippen molar-refractivity contribution in [3.8, 4) is 5.75 Å². The van der Waals surface area contributed by atoms with Crippen molar-refractivity contribution < 1.29 is 13.5 Å². The number of halogens is 2. The Hall–Kier alpha value is -2.16. The van der Waals surface area contributed by atoms with Crippen LogP contribution in [0.2, 0.25) is 0 Å². The first-order valence-electron chi connectivity index (χ1n) is 9.02. The normalized spacial score (nSPS) is 11.2. The van der Waals surface area contributed by atoms with Gasteiger partial charge in [-0.15, -0.1) is 0 Å². The van der Waals surface area contributed by atoms with E-state index in [2.05, 4.69) is 31.2 Å². The Bertz CT molecular complexity index is 690. The number of rotatable bonds is 9. The lowest BCUT2D eigenvalue weighted by Crippen LogP contribution is -2.00. The van der Waals surface area contributed by atoms with Crippen molar-refractivity contribution in [3.05, 3.63) is 77.1 Å². The maximum absolute atomic E-state index is 14.2. The third-order valence-electron chi connectivity index (χ3n) is 4.12. The molecule has 0 aliphatic carbocycles. The zero-order chi connectivity index (χ0) is 18.1. The minimum absolute atomic E-state index is 0.0717. The molecule has 0 fully saturated rings. The van der Waals surface area contributed by atoms with E-state index >= 15 is 0 Å². The van der Waals surface area contributed by atoms with Crippen LogP contribution in [0.15, 0.2) is 48.7 Å². The second-order valence-corrected chi connectivity index (χ2v) is 6.20. The molecule has 0 spiro atoms. The molecule has 2 aromatic carbocycles. The summed E-state index contributed by atoms with van der Waals surface area (Å²) < 4.78 is 33.5. The first kappa shape index (κ1) is 19.2. The van der Waals surface area contributed by atoms with Gasteiger partial charge in [-0.3, -0.25) is 0 Å². The number of ether oxygens (including phenoxy) is 1. The Labute approximate surface area is 149 Å². The van der Waals surface area contributed by atoms with Crippen LogP contribution in [0.5, 0.6) is 5.75 Å². The fraction of sp³-hybridized carbons (Fsp3) is 0.364. The first-order chi connectivity index (χ1) is 12.2. The van der Waals surface area contributed by atoms with Crippen molar-refractivity contribution in [3.63, 3.8) is 0 Å². The molecule has 3 heteroatoms. The Morgan fingerprint density at radius 3 is 2.12 bits per heavy atom. The van der Waals surface area contributed by atoms with Crippen molar-refractivity contribution >= 4 is 0 Å². The molecule has 25 heavy (non-hydrogen) atoms. The summed E-state index contributed by atoms with van der Waals surface area (Å²) in [5, 5.41) is 0. The molecular formula is C22H26F2O. The van der Waals surface area contributed by atoms with Crippen molar-refractivity contribution in [2.75, 3.05) is 0 Å². The summed E-state index contributed by atoms with van der Waals surface area (Å²) >= 11 is 0. The maximum atomic E-state index is 14.2. The highest BCUT2D eigenvalue weighted by atomic mass is 19.2. The van der Waals surface area contributed by atoms with Gasteiger partial charge in [0, 0.05) is 0 Å². The fourth-order valence-corrected chi connectivity index (χ4v) is 2.65. The molecule has 0 aromatic heterocycles. The molecule has 0 heterocycles. The molecule has 0 unspecified atom stereocenters. The summed E-state index contributed by atoms with van der Waals surface area (Å²) in [4.78, 5) is 0. The number of hydrogen-bond acceptors (Lipinski definition) is 1. The van der Waals surface area contributed by atoms with Crippen molar-refractivity contribution in [2.45, 2.75) is 52.4 Å². The Balaban J connectivity index is 1.99. The summed E-state index contributed by atoms with van der Waals surface area (Å²) in [5.74, 6) is -1.81. The highest BCUT2D eigenvalue weighted by Gasteiger charge is 2.14. The van der Waals surface area contributed by atoms with E-state index in [0.29, 0.717) is 18.4 Å². The topological polar surface area (TPSA) is 9.23 Å². The Morgan fingerprint density at radius 1 is 0.800 bits per heavy atom. The maximum Gasteiger partial charge on any atom is 0.201 e. The molecule has 134 valence electrons. The number of aryl methyl sites for hydroxylation is 3. The smallest absolute Gasteiger partial charge is 0.201 e. The van der Waals surface area contributed by atoms with Gasteiger partial charge in [-0.1, -0.05) is 57.0 Å². The second kappa shape index (κ2) is 9.97. The summed E-state index contributed by atoms with van der Waals surface area (Å²) in [7, 11) is 0. The second-order valence-electron chi connectivity index (χ2n) is 6.20. The quantitative estimate of drug-likeness (QED) is 0.479. The average Bonchev–Trinajstić information content (AvgIpc) is 2.63. The highest BCUT2D eigenvalue weighted by molar-refractivity contribution is 5.32. The Morgan fingerprint density at radius 2 is 1.48 bits per heavy atom. The average molecular weight is 344 g/mol. The van der Waals surface area contributed by atoms with Gasteiger partial charge in [0.1, 0.15) is 0 Å². The van der Waals surface area contributed by atoms with Crippen LogP contribution in [0.4, 0.5) is 8.78 Å². The SMILES string of the molecule is CCCC=COc1ccc(CCc2ccc(CCC)cc2)c(F)c1F. The van der Waals surface area contributed by atoms with Crippen LogP contribution in [0, 0.1) is 11.6 Å². The van der Waals surface area contributed by atoms with Gasteiger partial charge in [-0.2, -0.15) is 4.39 Å². The first-order valence-corrected chi connectivity index (χ1v) is 9.02. The molecule has 0 aliphatic heterocycles. The van der Waals surface area contributed by atoms with Gasteiger partial charge in [-0.05, 0) is 54.5 Å². The monoisotopic (exact) mass is 344 g/mol. The van der Waals surface area contributed by atoms with Crippen LogP contribution in [-0.2, 0) is 19.3 Å². The van der Waals surface area contributed by atoms with E-state index in [9.17, 15) is 8.78 Å². The molecule has 2 rings (SSSR count). The van der Waals surface area contributed by atoms with Gasteiger partial charge in [-0.25, -0.2) is 4.39 Å². The zero-order valence-electron chi connectivity index (χ0n) is 15.0. The fourth-order valence-electron chi connectivity index (χ4n) is 2.65. The number of unbranched alkanes of at least 4 members (excludes halogenated alkanes) is 1. The third-order valence-corrected chi connectivity index (χ3v) is 4.12. The lowest BCUT2D eigenvalue weighted by Gasteiger charge is -2.08.